The Labute approximate surface area is 123 Å². The normalized spacial score (nSPS) is 10.7. The first-order valence-electron chi connectivity index (χ1n) is 4.77. The van der Waals surface area contributed by atoms with Gasteiger partial charge >= 0.3 is 0 Å². The van der Waals surface area contributed by atoms with Crippen molar-refractivity contribution in [2.75, 3.05) is 0 Å². The van der Waals surface area contributed by atoms with Gasteiger partial charge in [0.25, 0.3) is 0 Å². The number of benzene rings is 2. The summed E-state index contributed by atoms with van der Waals surface area (Å²) in [4.78, 5) is 0. The maximum absolute atomic E-state index is 9.65. The van der Waals surface area contributed by atoms with Gasteiger partial charge in [0.15, 0.2) is 11.5 Å². The molecule has 0 aliphatic rings. The number of aromatic hydroxyl groups is 2. The highest BCUT2D eigenvalue weighted by molar-refractivity contribution is 6.40. The predicted octanol–water partition coefficient (Wildman–Crippen LogP) is 5.38. The third-order valence-corrected chi connectivity index (χ3v) is 3.62. The van der Waals surface area contributed by atoms with E-state index in [1.807, 2.05) is 0 Å². The van der Waals surface area contributed by atoms with Gasteiger partial charge in [0.05, 0.1) is 10.0 Å². The minimum atomic E-state index is -0.491. The van der Waals surface area contributed by atoms with Crippen LogP contribution in [0.5, 0.6) is 11.5 Å². The maximum Gasteiger partial charge on any atom is 0.178 e. The van der Waals surface area contributed by atoms with E-state index in [4.69, 9.17) is 46.4 Å². The van der Waals surface area contributed by atoms with Crippen LogP contribution in [0, 0.1) is 0 Å². The highest BCUT2D eigenvalue weighted by atomic mass is 35.5. The van der Waals surface area contributed by atoms with Gasteiger partial charge in [-0.05, 0) is 24.3 Å². The van der Waals surface area contributed by atoms with Crippen molar-refractivity contribution in [1.29, 1.82) is 0 Å². The monoisotopic (exact) mass is 322 g/mol. The molecule has 18 heavy (non-hydrogen) atoms. The van der Waals surface area contributed by atoms with E-state index >= 15 is 0 Å². The summed E-state index contributed by atoms with van der Waals surface area (Å²) >= 11 is 23.7. The lowest BCUT2D eigenvalue weighted by Crippen LogP contribution is -1.84. The summed E-state index contributed by atoms with van der Waals surface area (Å²) in [5.41, 5.74) is 0.913. The fourth-order valence-corrected chi connectivity index (χ4v) is 2.34. The molecule has 2 rings (SSSR count). The van der Waals surface area contributed by atoms with Crippen molar-refractivity contribution in [1.82, 2.24) is 0 Å². The second-order valence-electron chi connectivity index (χ2n) is 3.54. The quantitative estimate of drug-likeness (QED) is 0.692. The fourth-order valence-electron chi connectivity index (χ4n) is 1.50. The number of hydrogen-bond donors (Lipinski definition) is 2. The van der Waals surface area contributed by atoms with Crippen LogP contribution in [0.3, 0.4) is 0 Å². The first kappa shape index (κ1) is 13.6. The zero-order valence-corrected chi connectivity index (χ0v) is 11.7. The predicted molar refractivity (Wildman–Crippen MR) is 75.2 cm³/mol. The Morgan fingerprint density at radius 3 is 2.06 bits per heavy atom. The van der Waals surface area contributed by atoms with E-state index < -0.39 is 11.5 Å². The molecular formula is C12H6Cl4O2. The molecule has 0 unspecified atom stereocenters. The molecule has 0 spiro atoms. The molecule has 0 saturated carbocycles. The first-order valence-corrected chi connectivity index (χ1v) is 6.28. The van der Waals surface area contributed by atoms with E-state index in [-0.39, 0.29) is 10.0 Å². The van der Waals surface area contributed by atoms with Crippen LogP contribution < -0.4 is 0 Å². The highest BCUT2D eigenvalue weighted by Gasteiger charge is 2.17. The third kappa shape index (κ3) is 2.34. The molecule has 0 amide bonds. The third-order valence-electron chi connectivity index (χ3n) is 2.38. The first-order chi connectivity index (χ1) is 8.41. The van der Waals surface area contributed by atoms with Crippen LogP contribution in [0.15, 0.2) is 24.3 Å². The number of phenolic OH excluding ortho intramolecular Hbond substituents is 2. The number of phenols is 2. The van der Waals surface area contributed by atoms with Gasteiger partial charge < -0.3 is 10.2 Å². The van der Waals surface area contributed by atoms with Crippen molar-refractivity contribution in [2.24, 2.45) is 0 Å². The summed E-state index contributed by atoms with van der Waals surface area (Å²) in [7, 11) is 0. The number of hydrogen-bond acceptors (Lipinski definition) is 2. The van der Waals surface area contributed by atoms with Gasteiger partial charge in [0.2, 0.25) is 0 Å². The molecule has 6 heteroatoms. The maximum atomic E-state index is 9.65. The van der Waals surface area contributed by atoms with Crippen LogP contribution in [0.1, 0.15) is 0 Å². The summed E-state index contributed by atoms with van der Waals surface area (Å²) in [5, 5.41) is 19.9. The molecule has 2 nitrogen and oxygen atoms in total. The van der Waals surface area contributed by atoms with Crippen LogP contribution in [-0.2, 0) is 0 Å². The Morgan fingerprint density at radius 1 is 0.722 bits per heavy atom. The van der Waals surface area contributed by atoms with Crippen molar-refractivity contribution in [3.63, 3.8) is 0 Å². The zero-order valence-electron chi connectivity index (χ0n) is 8.72. The van der Waals surface area contributed by atoms with Gasteiger partial charge in [-0.1, -0.05) is 46.4 Å². The van der Waals surface area contributed by atoms with Gasteiger partial charge in [-0.15, -0.1) is 0 Å². The molecular weight excluding hydrogens is 318 g/mol. The average molecular weight is 324 g/mol. The van der Waals surface area contributed by atoms with Crippen LogP contribution in [0.4, 0.5) is 0 Å². The zero-order chi connectivity index (χ0) is 13.4. The molecule has 0 bridgehead atoms. The lowest BCUT2D eigenvalue weighted by molar-refractivity contribution is 0.404. The Morgan fingerprint density at radius 2 is 1.39 bits per heavy atom. The van der Waals surface area contributed by atoms with Gasteiger partial charge in [0.1, 0.15) is 0 Å². The molecule has 0 saturated heterocycles. The Kier molecular flexibility index (Phi) is 3.83. The van der Waals surface area contributed by atoms with E-state index in [1.165, 1.54) is 6.07 Å². The molecule has 0 heterocycles. The van der Waals surface area contributed by atoms with Gasteiger partial charge in [-0.25, -0.2) is 0 Å². The molecule has 2 aromatic rings. The van der Waals surface area contributed by atoms with Crippen LogP contribution in [0.2, 0.25) is 20.1 Å². The SMILES string of the molecule is Oc1c(Cl)cc(-c2cc(Cl)ccc2Cl)c(Cl)c1O. The van der Waals surface area contributed by atoms with E-state index in [9.17, 15) is 10.2 Å². The van der Waals surface area contributed by atoms with E-state index in [0.29, 0.717) is 21.2 Å². The van der Waals surface area contributed by atoms with Crippen molar-refractivity contribution in [2.45, 2.75) is 0 Å². The van der Waals surface area contributed by atoms with Gasteiger partial charge in [-0.2, -0.15) is 0 Å². The van der Waals surface area contributed by atoms with Crippen molar-refractivity contribution in [3.8, 4) is 22.6 Å². The van der Waals surface area contributed by atoms with Crippen LogP contribution in [0.25, 0.3) is 11.1 Å². The summed E-state index contributed by atoms with van der Waals surface area (Å²) in [6.07, 6.45) is 0. The molecule has 0 fully saturated rings. The molecule has 0 radical (unpaired) electrons. The number of rotatable bonds is 1. The molecule has 0 atom stereocenters. The molecule has 0 aliphatic carbocycles. The molecule has 0 aliphatic heterocycles. The molecule has 2 aromatic carbocycles. The van der Waals surface area contributed by atoms with Crippen LogP contribution in [-0.4, -0.2) is 10.2 Å². The van der Waals surface area contributed by atoms with E-state index in [0.717, 1.165) is 0 Å². The van der Waals surface area contributed by atoms with Crippen molar-refractivity contribution in [3.05, 3.63) is 44.4 Å². The van der Waals surface area contributed by atoms with Gasteiger partial charge in [0, 0.05) is 21.2 Å². The summed E-state index contributed by atoms with van der Waals surface area (Å²) in [5.74, 6) is -0.959. The topological polar surface area (TPSA) is 40.5 Å². The summed E-state index contributed by atoms with van der Waals surface area (Å²) in [6, 6.07) is 6.24. The number of halogens is 4. The minimum absolute atomic E-state index is 0.0251. The minimum Gasteiger partial charge on any atom is -0.503 e. The largest absolute Gasteiger partial charge is 0.503 e. The summed E-state index contributed by atoms with van der Waals surface area (Å²) in [6.45, 7) is 0. The Balaban J connectivity index is 2.75. The molecule has 94 valence electrons. The lowest BCUT2D eigenvalue weighted by atomic mass is 10.0. The van der Waals surface area contributed by atoms with E-state index in [2.05, 4.69) is 0 Å². The lowest BCUT2D eigenvalue weighted by Gasteiger charge is -2.11. The van der Waals surface area contributed by atoms with Crippen molar-refractivity contribution < 1.29 is 10.2 Å². The second-order valence-corrected chi connectivity index (χ2v) is 5.17. The Bertz CT molecular complexity index is 626. The molecule has 2 N–H and O–H groups in total. The average Bonchev–Trinajstić information content (AvgIpc) is 2.34. The molecule has 0 aromatic heterocycles. The second kappa shape index (κ2) is 5.06. The fraction of sp³-hybridized carbons (Fsp3) is 0. The van der Waals surface area contributed by atoms with Crippen molar-refractivity contribution >= 4 is 46.4 Å². The van der Waals surface area contributed by atoms with E-state index in [1.54, 1.807) is 18.2 Å². The Hall–Kier alpha value is -0.800. The van der Waals surface area contributed by atoms with Gasteiger partial charge in [-0.3, -0.25) is 0 Å². The smallest absolute Gasteiger partial charge is 0.178 e. The highest BCUT2D eigenvalue weighted by Crippen LogP contribution is 2.46. The standard InChI is InChI=1S/C12H6Cl4O2/c13-5-1-2-8(14)6(3-5)7-4-9(15)11(17)12(18)10(7)16/h1-4,17-18H. The summed E-state index contributed by atoms with van der Waals surface area (Å²) < 4.78 is 0. The van der Waals surface area contributed by atoms with Crippen LogP contribution >= 0.6 is 46.4 Å².